The molecule has 44 heavy (non-hydrogen) atoms. The van der Waals surface area contributed by atoms with Gasteiger partial charge in [0.2, 0.25) is 0 Å². The monoisotopic (exact) mass is 626 g/mol. The zero-order valence-electron chi connectivity index (χ0n) is 25.4. The van der Waals surface area contributed by atoms with Crippen molar-refractivity contribution in [1.29, 1.82) is 0 Å². The highest BCUT2D eigenvalue weighted by atomic mass is 19.3. The molecule has 2 aromatic rings. The summed E-state index contributed by atoms with van der Waals surface area (Å²) in [7, 11) is 0. The molecule has 3 aliphatic rings. The number of hydrogen-bond acceptors (Lipinski definition) is 3. The number of benzene rings is 2. The zero-order chi connectivity index (χ0) is 31.3. The first-order valence-electron chi connectivity index (χ1n) is 16.3. The van der Waals surface area contributed by atoms with Crippen molar-refractivity contribution < 1.29 is 40.6 Å². The van der Waals surface area contributed by atoms with Crippen LogP contribution in [-0.4, -0.2) is 19.3 Å². The van der Waals surface area contributed by atoms with E-state index in [-0.39, 0.29) is 18.8 Å². The van der Waals surface area contributed by atoms with Crippen molar-refractivity contribution >= 4 is 0 Å². The van der Waals surface area contributed by atoms with E-state index in [0.717, 1.165) is 18.1 Å². The van der Waals surface area contributed by atoms with E-state index >= 15 is 4.39 Å². The Kier molecular flexibility index (Phi) is 11.2. The van der Waals surface area contributed by atoms with Crippen molar-refractivity contribution in [3.63, 3.8) is 0 Å². The van der Waals surface area contributed by atoms with Crippen LogP contribution in [0.4, 0.5) is 26.3 Å². The average molecular weight is 627 g/mol. The normalized spacial score (nSPS) is 28.3. The van der Waals surface area contributed by atoms with Crippen molar-refractivity contribution in [3.05, 3.63) is 64.7 Å². The molecular formula is C35H44F6O3. The Labute approximate surface area is 256 Å². The van der Waals surface area contributed by atoms with E-state index in [9.17, 15) is 22.0 Å². The molecule has 2 aliphatic carbocycles. The summed E-state index contributed by atoms with van der Waals surface area (Å²) in [5.74, 6) is -1.78. The maximum absolute atomic E-state index is 15.3. The van der Waals surface area contributed by atoms with Gasteiger partial charge in [-0.05, 0) is 80.0 Å². The molecule has 0 unspecified atom stereocenters. The van der Waals surface area contributed by atoms with Gasteiger partial charge in [-0.25, -0.2) is 17.6 Å². The molecule has 5 rings (SSSR count). The van der Waals surface area contributed by atoms with E-state index in [0.29, 0.717) is 55.1 Å². The van der Waals surface area contributed by atoms with Crippen LogP contribution in [0.15, 0.2) is 36.4 Å². The number of unbranched alkanes of at least 4 members (excludes halogenated alkanes) is 2. The first kappa shape index (κ1) is 33.1. The molecule has 0 N–H and O–H groups in total. The van der Waals surface area contributed by atoms with E-state index < -0.39 is 47.7 Å². The fourth-order valence-corrected chi connectivity index (χ4v) is 7.36. The van der Waals surface area contributed by atoms with Gasteiger partial charge in [-0.2, -0.15) is 8.78 Å². The summed E-state index contributed by atoms with van der Waals surface area (Å²) >= 11 is 0. The highest BCUT2D eigenvalue weighted by Gasteiger charge is 2.44. The summed E-state index contributed by atoms with van der Waals surface area (Å²) in [5, 5.41) is 0. The molecule has 1 aliphatic heterocycles. The van der Waals surface area contributed by atoms with Crippen LogP contribution in [0.1, 0.15) is 119 Å². The maximum Gasteiger partial charge on any atom is 0.400 e. The lowest BCUT2D eigenvalue weighted by Crippen LogP contribution is -2.37. The summed E-state index contributed by atoms with van der Waals surface area (Å²) in [6.07, 6.45) is 3.78. The minimum atomic E-state index is -3.62. The first-order chi connectivity index (χ1) is 21.1. The van der Waals surface area contributed by atoms with Gasteiger partial charge in [-0.3, -0.25) is 0 Å². The molecule has 1 saturated heterocycles. The number of rotatable bonds is 11. The molecule has 0 amide bonds. The molecule has 3 nitrogen and oxygen atoms in total. The second kappa shape index (κ2) is 14.9. The molecule has 2 saturated carbocycles. The van der Waals surface area contributed by atoms with Gasteiger partial charge >= 0.3 is 6.11 Å². The molecule has 0 atom stereocenters. The van der Waals surface area contributed by atoms with Gasteiger partial charge in [0.25, 0.3) is 6.43 Å². The SMILES string of the molecule is CCCCCC1CCC(C2COC(c3ccc(C4CCC(C(F)(F)Oc5ccc(C(F)F)c(F)c5)CC4)c(F)c3)OC2)CC1. The Morgan fingerprint density at radius 2 is 1.52 bits per heavy atom. The average Bonchev–Trinajstić information content (AvgIpc) is 3.01. The van der Waals surface area contributed by atoms with Gasteiger partial charge in [0, 0.05) is 17.5 Å². The molecule has 0 radical (unpaired) electrons. The Morgan fingerprint density at radius 1 is 0.818 bits per heavy atom. The molecule has 1 heterocycles. The van der Waals surface area contributed by atoms with Crippen molar-refractivity contribution in [2.45, 2.75) is 109 Å². The van der Waals surface area contributed by atoms with Crippen LogP contribution in [0.3, 0.4) is 0 Å². The lowest BCUT2D eigenvalue weighted by molar-refractivity contribution is -0.222. The van der Waals surface area contributed by atoms with Crippen LogP contribution < -0.4 is 4.74 Å². The number of hydrogen-bond donors (Lipinski definition) is 0. The van der Waals surface area contributed by atoms with Crippen LogP contribution in [0.5, 0.6) is 5.75 Å². The number of ether oxygens (including phenoxy) is 3. The topological polar surface area (TPSA) is 27.7 Å². The maximum atomic E-state index is 15.3. The van der Waals surface area contributed by atoms with Crippen molar-refractivity contribution in [2.24, 2.45) is 23.7 Å². The highest BCUT2D eigenvalue weighted by Crippen LogP contribution is 2.45. The summed E-state index contributed by atoms with van der Waals surface area (Å²) in [6, 6.07) is 7.16. The predicted octanol–water partition coefficient (Wildman–Crippen LogP) is 10.9. The minimum Gasteiger partial charge on any atom is -0.432 e. The van der Waals surface area contributed by atoms with Crippen molar-refractivity contribution in [1.82, 2.24) is 0 Å². The fraction of sp³-hybridized carbons (Fsp3) is 0.657. The fourth-order valence-electron chi connectivity index (χ4n) is 7.36. The van der Waals surface area contributed by atoms with Crippen LogP contribution >= 0.6 is 0 Å². The van der Waals surface area contributed by atoms with Crippen LogP contribution in [-0.2, 0) is 9.47 Å². The molecule has 0 bridgehead atoms. The van der Waals surface area contributed by atoms with Gasteiger partial charge in [0.1, 0.15) is 17.4 Å². The third kappa shape index (κ3) is 8.11. The lowest BCUT2D eigenvalue weighted by atomic mass is 9.74. The van der Waals surface area contributed by atoms with Gasteiger partial charge in [0.05, 0.1) is 24.7 Å². The largest absolute Gasteiger partial charge is 0.432 e. The van der Waals surface area contributed by atoms with Gasteiger partial charge in [-0.15, -0.1) is 0 Å². The number of halogens is 6. The summed E-state index contributed by atoms with van der Waals surface area (Å²) < 4.78 is 101. The second-order valence-electron chi connectivity index (χ2n) is 13.0. The van der Waals surface area contributed by atoms with E-state index in [4.69, 9.17) is 14.2 Å². The van der Waals surface area contributed by atoms with E-state index in [1.807, 2.05) is 0 Å². The summed E-state index contributed by atoms with van der Waals surface area (Å²) in [4.78, 5) is 0. The van der Waals surface area contributed by atoms with E-state index in [2.05, 4.69) is 6.92 Å². The standard InChI is InChI=1S/C35H44F6O3/c1-2-3-4-5-22-6-8-23(9-7-22)26-20-42-34(43-21-26)25-12-16-29(31(36)18-25)24-10-13-27(14-11-24)35(40,41)44-28-15-17-30(33(38)39)32(37)19-28/h12,15-19,22-24,26-27,33-34H,2-11,13-14,20-21H2,1H3. The lowest BCUT2D eigenvalue weighted by Gasteiger charge is -2.38. The molecule has 2 aromatic carbocycles. The van der Waals surface area contributed by atoms with E-state index in [1.165, 1.54) is 57.4 Å². The molecule has 0 spiro atoms. The highest BCUT2D eigenvalue weighted by molar-refractivity contribution is 5.30. The molecule has 0 aromatic heterocycles. The van der Waals surface area contributed by atoms with Gasteiger partial charge in [-0.1, -0.05) is 57.6 Å². The first-order valence-corrected chi connectivity index (χ1v) is 16.3. The Bertz CT molecular complexity index is 1200. The number of alkyl halides is 4. The third-order valence-corrected chi connectivity index (χ3v) is 10.1. The Hall–Kier alpha value is -2.26. The predicted molar refractivity (Wildman–Crippen MR) is 156 cm³/mol. The summed E-state index contributed by atoms with van der Waals surface area (Å²) in [5.41, 5.74) is 0.221. The molecule has 244 valence electrons. The minimum absolute atomic E-state index is 0.0767. The van der Waals surface area contributed by atoms with Gasteiger partial charge < -0.3 is 14.2 Å². The molecule has 9 heteroatoms. The van der Waals surface area contributed by atoms with Crippen LogP contribution in [0, 0.1) is 35.3 Å². The Morgan fingerprint density at radius 3 is 2.14 bits per heavy atom. The Balaban J connectivity index is 1.09. The second-order valence-corrected chi connectivity index (χ2v) is 13.0. The quantitative estimate of drug-likeness (QED) is 0.183. The van der Waals surface area contributed by atoms with Crippen molar-refractivity contribution in [3.8, 4) is 5.75 Å². The third-order valence-electron chi connectivity index (χ3n) is 10.1. The van der Waals surface area contributed by atoms with Crippen molar-refractivity contribution in [2.75, 3.05) is 13.2 Å². The van der Waals surface area contributed by atoms with Gasteiger partial charge in [0.15, 0.2) is 6.29 Å². The summed E-state index contributed by atoms with van der Waals surface area (Å²) in [6.45, 7) is 3.44. The smallest absolute Gasteiger partial charge is 0.400 e. The zero-order valence-corrected chi connectivity index (χ0v) is 25.4. The molecular weight excluding hydrogens is 582 g/mol. The van der Waals surface area contributed by atoms with Crippen LogP contribution in [0.2, 0.25) is 0 Å². The van der Waals surface area contributed by atoms with Crippen LogP contribution in [0.25, 0.3) is 0 Å². The van der Waals surface area contributed by atoms with E-state index in [1.54, 1.807) is 12.1 Å². The molecule has 3 fully saturated rings.